The Morgan fingerprint density at radius 2 is 2.12 bits per heavy atom. The Bertz CT molecular complexity index is 857. The highest BCUT2D eigenvalue weighted by molar-refractivity contribution is 7.89. The van der Waals surface area contributed by atoms with Gasteiger partial charge < -0.3 is 5.11 Å². The first-order valence-electron chi connectivity index (χ1n) is 8.27. The highest BCUT2D eigenvalue weighted by Crippen LogP contribution is 2.46. The maximum Gasteiger partial charge on any atom is 0.243 e. The molecule has 1 aliphatic carbocycles. The topological polar surface area (TPSA) is 75.4 Å². The summed E-state index contributed by atoms with van der Waals surface area (Å²) in [5, 5.41) is 14.6. The van der Waals surface area contributed by atoms with Gasteiger partial charge >= 0.3 is 0 Å². The van der Waals surface area contributed by atoms with Gasteiger partial charge in [-0.1, -0.05) is 6.07 Å². The van der Waals surface area contributed by atoms with E-state index in [1.54, 1.807) is 42.2 Å². The van der Waals surface area contributed by atoms with Crippen LogP contribution in [0.4, 0.5) is 0 Å². The normalized spacial score (nSPS) is 23.5. The SMILES string of the molecule is Cc1ccc(-n2cccn2)cc1S(=O)(=O)N1CCCC1C1(O)CC1. The average Bonchev–Trinajstić information content (AvgIpc) is 3.04. The van der Waals surface area contributed by atoms with Gasteiger partial charge in [0.25, 0.3) is 0 Å². The van der Waals surface area contributed by atoms with E-state index in [1.807, 2.05) is 6.07 Å². The summed E-state index contributed by atoms with van der Waals surface area (Å²) in [5.74, 6) is 0. The van der Waals surface area contributed by atoms with Crippen molar-refractivity contribution in [2.75, 3.05) is 6.54 Å². The second-order valence-corrected chi connectivity index (χ2v) is 8.64. The third-order valence-corrected chi connectivity index (χ3v) is 7.16. The van der Waals surface area contributed by atoms with Crippen molar-refractivity contribution in [2.45, 2.75) is 49.1 Å². The monoisotopic (exact) mass is 347 g/mol. The number of rotatable bonds is 4. The van der Waals surface area contributed by atoms with Crippen LogP contribution in [0, 0.1) is 6.92 Å². The number of aryl methyl sites for hydroxylation is 1. The van der Waals surface area contributed by atoms with Gasteiger partial charge in [-0.25, -0.2) is 13.1 Å². The molecule has 2 fully saturated rings. The molecule has 0 spiro atoms. The van der Waals surface area contributed by atoms with Crippen molar-refractivity contribution in [2.24, 2.45) is 0 Å². The maximum absolute atomic E-state index is 13.2. The Hall–Kier alpha value is -1.70. The quantitative estimate of drug-likeness (QED) is 0.916. The summed E-state index contributed by atoms with van der Waals surface area (Å²) in [5.41, 5.74) is 0.598. The Morgan fingerprint density at radius 1 is 1.33 bits per heavy atom. The van der Waals surface area contributed by atoms with E-state index in [1.165, 1.54) is 4.31 Å². The first-order valence-corrected chi connectivity index (χ1v) is 9.71. The molecule has 128 valence electrons. The average molecular weight is 347 g/mol. The summed E-state index contributed by atoms with van der Waals surface area (Å²) in [6.45, 7) is 2.28. The smallest absolute Gasteiger partial charge is 0.243 e. The van der Waals surface area contributed by atoms with Crippen molar-refractivity contribution in [3.63, 3.8) is 0 Å². The molecule has 7 heteroatoms. The molecule has 24 heavy (non-hydrogen) atoms. The molecule has 4 rings (SSSR count). The fourth-order valence-corrected chi connectivity index (χ4v) is 5.59. The van der Waals surface area contributed by atoms with E-state index in [2.05, 4.69) is 5.10 Å². The second kappa shape index (κ2) is 5.40. The van der Waals surface area contributed by atoms with Crippen LogP contribution in [0.25, 0.3) is 5.69 Å². The molecule has 0 radical (unpaired) electrons. The maximum atomic E-state index is 13.2. The van der Waals surface area contributed by atoms with Crippen LogP contribution in [0.3, 0.4) is 0 Å². The summed E-state index contributed by atoms with van der Waals surface area (Å²) in [7, 11) is -3.64. The van der Waals surface area contributed by atoms with Gasteiger partial charge in [0.05, 0.1) is 22.2 Å². The lowest BCUT2D eigenvalue weighted by Crippen LogP contribution is -2.44. The molecular weight excluding hydrogens is 326 g/mol. The number of aliphatic hydroxyl groups is 1. The number of nitrogens with zero attached hydrogens (tertiary/aromatic N) is 3. The van der Waals surface area contributed by atoms with Gasteiger partial charge in [-0.3, -0.25) is 0 Å². The third-order valence-electron chi connectivity index (χ3n) is 5.11. The summed E-state index contributed by atoms with van der Waals surface area (Å²) in [6, 6.07) is 6.84. The number of sulfonamides is 1. The van der Waals surface area contributed by atoms with Gasteiger partial charge in [-0.2, -0.15) is 9.40 Å². The van der Waals surface area contributed by atoms with Crippen LogP contribution in [0.2, 0.25) is 0 Å². The predicted octanol–water partition coefficient (Wildman–Crippen LogP) is 1.86. The molecule has 2 aliphatic rings. The molecular formula is C17H21N3O3S. The molecule has 1 saturated carbocycles. The predicted molar refractivity (Wildman–Crippen MR) is 89.4 cm³/mol. The molecule has 1 N–H and O–H groups in total. The third kappa shape index (κ3) is 2.47. The van der Waals surface area contributed by atoms with Gasteiger partial charge in [-0.05, 0) is 56.4 Å². The fourth-order valence-electron chi connectivity index (χ4n) is 3.58. The van der Waals surface area contributed by atoms with E-state index >= 15 is 0 Å². The summed E-state index contributed by atoms with van der Waals surface area (Å²) >= 11 is 0. The van der Waals surface area contributed by atoms with E-state index in [0.717, 1.165) is 12.8 Å². The van der Waals surface area contributed by atoms with E-state index < -0.39 is 15.6 Å². The molecule has 1 aromatic heterocycles. The van der Waals surface area contributed by atoms with Crippen LogP contribution in [-0.4, -0.2) is 45.8 Å². The molecule has 1 saturated heterocycles. The lowest BCUT2D eigenvalue weighted by atomic mass is 10.1. The molecule has 1 aromatic carbocycles. The molecule has 2 aromatic rings. The number of aromatic nitrogens is 2. The molecule has 2 heterocycles. The van der Waals surface area contributed by atoms with E-state index in [9.17, 15) is 13.5 Å². The first-order chi connectivity index (χ1) is 11.4. The zero-order chi connectivity index (χ0) is 16.9. The van der Waals surface area contributed by atoms with Crippen LogP contribution < -0.4 is 0 Å². The Morgan fingerprint density at radius 3 is 2.79 bits per heavy atom. The largest absolute Gasteiger partial charge is 0.388 e. The fraction of sp³-hybridized carbons (Fsp3) is 0.471. The minimum Gasteiger partial charge on any atom is -0.388 e. The van der Waals surface area contributed by atoms with Gasteiger partial charge in [0.1, 0.15) is 0 Å². The van der Waals surface area contributed by atoms with Crippen LogP contribution in [0.1, 0.15) is 31.2 Å². The molecule has 1 atom stereocenters. The minimum atomic E-state index is -3.64. The van der Waals surface area contributed by atoms with Crippen molar-refractivity contribution in [3.05, 3.63) is 42.2 Å². The van der Waals surface area contributed by atoms with Gasteiger partial charge in [0, 0.05) is 18.9 Å². The van der Waals surface area contributed by atoms with Gasteiger partial charge in [-0.15, -0.1) is 0 Å². The molecule has 6 nitrogen and oxygen atoms in total. The summed E-state index contributed by atoms with van der Waals surface area (Å²) in [4.78, 5) is 0.298. The van der Waals surface area contributed by atoms with Crippen molar-refractivity contribution < 1.29 is 13.5 Å². The van der Waals surface area contributed by atoms with Crippen LogP contribution in [-0.2, 0) is 10.0 Å². The molecule has 0 bridgehead atoms. The highest BCUT2D eigenvalue weighted by Gasteiger charge is 2.54. The molecule has 0 amide bonds. The minimum absolute atomic E-state index is 0.296. The number of benzene rings is 1. The van der Waals surface area contributed by atoms with Crippen molar-refractivity contribution in [1.82, 2.24) is 14.1 Å². The lowest BCUT2D eigenvalue weighted by molar-refractivity contribution is 0.0826. The Kier molecular flexibility index (Phi) is 3.56. The molecule has 1 unspecified atom stereocenters. The number of hydrogen-bond acceptors (Lipinski definition) is 4. The Balaban J connectivity index is 1.75. The number of hydrogen-bond donors (Lipinski definition) is 1. The summed E-state index contributed by atoms with van der Waals surface area (Å²) in [6.07, 6.45) is 6.35. The highest BCUT2D eigenvalue weighted by atomic mass is 32.2. The van der Waals surface area contributed by atoms with Crippen LogP contribution in [0.5, 0.6) is 0 Å². The molecule has 1 aliphatic heterocycles. The summed E-state index contributed by atoms with van der Waals surface area (Å²) < 4.78 is 29.7. The second-order valence-electron chi connectivity index (χ2n) is 6.78. The van der Waals surface area contributed by atoms with Crippen LogP contribution >= 0.6 is 0 Å². The lowest BCUT2D eigenvalue weighted by Gasteiger charge is -2.28. The van der Waals surface area contributed by atoms with Crippen LogP contribution in [0.15, 0.2) is 41.6 Å². The standard InChI is InChI=1S/C17H21N3O3S/c1-13-5-6-14(19-10-3-9-18-19)12-15(13)24(22,23)20-11-2-4-16(20)17(21)7-8-17/h3,5-6,9-10,12,16,21H,2,4,7-8,11H2,1H3. The van der Waals surface area contributed by atoms with Gasteiger partial charge in [0.2, 0.25) is 10.0 Å². The first kappa shape index (κ1) is 15.8. The zero-order valence-corrected chi connectivity index (χ0v) is 14.4. The van der Waals surface area contributed by atoms with Crippen molar-refractivity contribution >= 4 is 10.0 Å². The van der Waals surface area contributed by atoms with E-state index in [0.29, 0.717) is 35.5 Å². The van der Waals surface area contributed by atoms with E-state index in [4.69, 9.17) is 0 Å². The van der Waals surface area contributed by atoms with Gasteiger partial charge in [0.15, 0.2) is 0 Å². The Labute approximate surface area is 141 Å². The van der Waals surface area contributed by atoms with E-state index in [-0.39, 0.29) is 6.04 Å². The van der Waals surface area contributed by atoms with Crippen molar-refractivity contribution in [3.8, 4) is 5.69 Å². The zero-order valence-electron chi connectivity index (χ0n) is 13.6. The van der Waals surface area contributed by atoms with Crippen molar-refractivity contribution in [1.29, 1.82) is 0 Å².